The Labute approximate surface area is 284 Å². The predicted molar refractivity (Wildman–Crippen MR) is 181 cm³/mol. The van der Waals surface area contributed by atoms with Crippen LogP contribution in [-0.4, -0.2) is 23.8 Å². The Balaban J connectivity index is 1.57. The van der Waals surface area contributed by atoms with Crippen LogP contribution in [0.3, 0.4) is 0 Å². The number of allylic oxidation sites excluding steroid dienone is 1. The van der Waals surface area contributed by atoms with Gasteiger partial charge in [0.15, 0.2) is 16.3 Å². The number of rotatable bonds is 9. The average molecular weight is 781 g/mol. The van der Waals surface area contributed by atoms with Crippen molar-refractivity contribution in [3.8, 4) is 11.5 Å². The van der Waals surface area contributed by atoms with Gasteiger partial charge in [0.2, 0.25) is 0 Å². The lowest BCUT2D eigenvalue weighted by molar-refractivity contribution is -0.139. The van der Waals surface area contributed by atoms with E-state index in [-0.39, 0.29) is 18.8 Å². The van der Waals surface area contributed by atoms with Gasteiger partial charge in [-0.2, -0.15) is 0 Å². The summed E-state index contributed by atoms with van der Waals surface area (Å²) in [4.78, 5) is 32.2. The number of benzene rings is 3. The van der Waals surface area contributed by atoms with Gasteiger partial charge in [-0.05, 0) is 95.9 Å². The lowest BCUT2D eigenvalue weighted by atomic mass is 9.96. The largest absolute Gasteiger partial charge is 0.490 e. The number of ether oxygens (including phenoxy) is 3. The summed E-state index contributed by atoms with van der Waals surface area (Å²) in [5.41, 5.74) is 2.89. The third-order valence-electron chi connectivity index (χ3n) is 6.70. The summed E-state index contributed by atoms with van der Waals surface area (Å²) >= 11 is 20.5. The topological polar surface area (TPSA) is 79.1 Å². The average Bonchev–Trinajstić information content (AvgIpc) is 3.28. The molecule has 0 N–H and O–H groups in total. The quantitative estimate of drug-likeness (QED) is 0.164. The Morgan fingerprint density at radius 3 is 2.45 bits per heavy atom. The fourth-order valence-corrected chi connectivity index (χ4v) is 6.97. The van der Waals surface area contributed by atoms with E-state index in [1.165, 1.54) is 11.3 Å². The first-order valence-electron chi connectivity index (χ1n) is 13.6. The molecule has 2 heterocycles. The van der Waals surface area contributed by atoms with E-state index in [9.17, 15) is 9.59 Å². The van der Waals surface area contributed by atoms with Crippen molar-refractivity contribution in [1.82, 2.24) is 4.57 Å². The molecule has 3 aromatic carbocycles. The predicted octanol–water partition coefficient (Wildman–Crippen LogP) is 7.61. The van der Waals surface area contributed by atoms with Crippen molar-refractivity contribution in [2.75, 3.05) is 13.2 Å². The summed E-state index contributed by atoms with van der Waals surface area (Å²) in [5.74, 6) is 0.522. The Morgan fingerprint density at radius 1 is 1.02 bits per heavy atom. The molecule has 12 heteroatoms. The van der Waals surface area contributed by atoms with Crippen LogP contribution in [0.1, 0.15) is 43.5 Å². The molecule has 5 rings (SSSR count). The monoisotopic (exact) mass is 778 g/mol. The van der Waals surface area contributed by atoms with E-state index in [1.807, 2.05) is 49.4 Å². The number of aromatic nitrogens is 1. The van der Waals surface area contributed by atoms with E-state index in [0.717, 1.165) is 15.6 Å². The van der Waals surface area contributed by atoms with E-state index in [1.54, 1.807) is 36.6 Å². The molecule has 0 saturated heterocycles. The lowest BCUT2D eigenvalue weighted by Crippen LogP contribution is -2.39. The maximum Gasteiger partial charge on any atom is 0.338 e. The second kappa shape index (κ2) is 14.0. The zero-order chi connectivity index (χ0) is 31.5. The number of carbonyl (C=O) groups excluding carboxylic acids is 1. The van der Waals surface area contributed by atoms with E-state index in [0.29, 0.717) is 58.8 Å². The van der Waals surface area contributed by atoms with Gasteiger partial charge in [0.05, 0.1) is 49.6 Å². The highest BCUT2D eigenvalue weighted by molar-refractivity contribution is 9.10. The SMILES string of the molecule is CCOC(=O)C1=C(C)N=c2s/c(=C\c3cc(Br)c(OCc4ccc(Cl)c(Cl)c4)c(OCC)c3)c(=O)n2[C@H]1c1ccc(Br)cc1. The first-order valence-corrected chi connectivity index (χ1v) is 16.7. The van der Waals surface area contributed by atoms with Gasteiger partial charge in [-0.25, -0.2) is 9.79 Å². The Morgan fingerprint density at radius 2 is 1.77 bits per heavy atom. The number of nitrogens with zero attached hydrogens (tertiary/aromatic N) is 2. The molecule has 228 valence electrons. The van der Waals surface area contributed by atoms with Crippen molar-refractivity contribution in [3.63, 3.8) is 0 Å². The van der Waals surface area contributed by atoms with Gasteiger partial charge in [-0.3, -0.25) is 9.36 Å². The zero-order valence-corrected chi connectivity index (χ0v) is 29.3. The van der Waals surface area contributed by atoms with E-state index < -0.39 is 12.0 Å². The number of fused-ring (bicyclic) bond motifs is 1. The molecule has 0 spiro atoms. The minimum atomic E-state index is -0.691. The fraction of sp³-hybridized carbons (Fsp3) is 0.219. The maximum atomic E-state index is 14.0. The molecule has 0 amide bonds. The molecule has 1 atom stereocenters. The molecule has 0 fully saturated rings. The summed E-state index contributed by atoms with van der Waals surface area (Å²) in [6.07, 6.45) is 1.78. The number of hydrogen-bond donors (Lipinski definition) is 0. The summed E-state index contributed by atoms with van der Waals surface area (Å²) in [7, 11) is 0. The highest BCUT2D eigenvalue weighted by atomic mass is 79.9. The molecule has 1 aromatic heterocycles. The lowest BCUT2D eigenvalue weighted by Gasteiger charge is -2.24. The van der Waals surface area contributed by atoms with Crippen LogP contribution in [-0.2, 0) is 16.1 Å². The highest BCUT2D eigenvalue weighted by Crippen LogP contribution is 2.38. The molecule has 0 unspecified atom stereocenters. The maximum absolute atomic E-state index is 14.0. The van der Waals surface area contributed by atoms with E-state index >= 15 is 0 Å². The van der Waals surface area contributed by atoms with Crippen LogP contribution in [0, 0.1) is 0 Å². The number of thiazole rings is 1. The van der Waals surface area contributed by atoms with Crippen molar-refractivity contribution in [3.05, 3.63) is 121 Å². The first kappa shape index (κ1) is 32.5. The Hall–Kier alpha value is -2.89. The van der Waals surface area contributed by atoms with Gasteiger partial charge in [0.1, 0.15) is 6.61 Å². The number of hydrogen-bond acceptors (Lipinski definition) is 7. The first-order chi connectivity index (χ1) is 21.1. The van der Waals surface area contributed by atoms with Crippen LogP contribution < -0.4 is 24.4 Å². The second-order valence-corrected chi connectivity index (χ2v) is 13.2. The molecule has 1 aliphatic rings. The smallest absolute Gasteiger partial charge is 0.338 e. The molecule has 1 aliphatic heterocycles. The minimum absolute atomic E-state index is 0.206. The number of esters is 1. The number of halogens is 4. The zero-order valence-electron chi connectivity index (χ0n) is 23.8. The van der Waals surface area contributed by atoms with E-state index in [4.69, 9.17) is 37.4 Å². The molecule has 44 heavy (non-hydrogen) atoms. The Kier molecular flexibility index (Phi) is 10.4. The molecule has 0 aliphatic carbocycles. The molecule has 7 nitrogen and oxygen atoms in total. The third-order valence-corrected chi connectivity index (χ3v) is 9.54. The minimum Gasteiger partial charge on any atom is -0.490 e. The Bertz CT molecular complexity index is 1950. The molecular weight excluding hydrogens is 755 g/mol. The summed E-state index contributed by atoms with van der Waals surface area (Å²) < 4.78 is 20.9. The highest BCUT2D eigenvalue weighted by Gasteiger charge is 2.33. The van der Waals surface area contributed by atoms with Crippen molar-refractivity contribution >= 4 is 78.4 Å². The molecular formula is C32H26Br2Cl2N2O5S. The molecule has 0 radical (unpaired) electrons. The van der Waals surface area contributed by atoms with Gasteiger partial charge in [0, 0.05) is 4.47 Å². The van der Waals surface area contributed by atoms with Gasteiger partial charge in [0.25, 0.3) is 5.56 Å². The number of carbonyl (C=O) groups is 1. The van der Waals surface area contributed by atoms with Crippen molar-refractivity contribution < 1.29 is 19.0 Å². The fourth-order valence-electron chi connectivity index (χ4n) is 4.76. The van der Waals surface area contributed by atoms with E-state index in [2.05, 4.69) is 36.9 Å². The van der Waals surface area contributed by atoms with Crippen LogP contribution >= 0.6 is 66.4 Å². The molecule has 0 saturated carbocycles. The molecule has 4 aromatic rings. The van der Waals surface area contributed by atoms with Gasteiger partial charge >= 0.3 is 5.97 Å². The molecule has 0 bridgehead atoms. The second-order valence-electron chi connectivity index (χ2n) is 9.65. The normalized spacial score (nSPS) is 14.7. The van der Waals surface area contributed by atoms with Crippen molar-refractivity contribution in [1.29, 1.82) is 0 Å². The summed E-state index contributed by atoms with van der Waals surface area (Å²) in [6, 6.07) is 15.8. The van der Waals surface area contributed by atoms with Crippen LogP contribution in [0.4, 0.5) is 0 Å². The van der Waals surface area contributed by atoms with Crippen LogP contribution in [0.2, 0.25) is 10.0 Å². The van der Waals surface area contributed by atoms with Crippen molar-refractivity contribution in [2.24, 2.45) is 4.99 Å². The van der Waals surface area contributed by atoms with Crippen molar-refractivity contribution in [2.45, 2.75) is 33.4 Å². The van der Waals surface area contributed by atoms with Crippen LogP contribution in [0.15, 0.2) is 84.6 Å². The van der Waals surface area contributed by atoms with Gasteiger partial charge < -0.3 is 14.2 Å². The standard InChI is InChI=1S/C32H26Br2Cl2N2O5S/c1-4-41-25-14-19(12-22(34)29(25)43-16-18-6-11-23(35)24(36)13-18)15-26-30(39)38-28(20-7-9-21(33)10-8-20)27(31(40)42-5-2)17(3)37-32(38)44-26/h6-15,28H,4-5,16H2,1-3H3/b26-15-/t28-/m0/s1. The summed E-state index contributed by atoms with van der Waals surface area (Å²) in [6.45, 7) is 6.24. The third kappa shape index (κ3) is 6.84. The van der Waals surface area contributed by atoms with Crippen LogP contribution in [0.25, 0.3) is 6.08 Å². The summed E-state index contributed by atoms with van der Waals surface area (Å²) in [5, 5.41) is 0.914. The van der Waals surface area contributed by atoms with Gasteiger partial charge in [-0.15, -0.1) is 0 Å². The van der Waals surface area contributed by atoms with Crippen LogP contribution in [0.5, 0.6) is 11.5 Å². The van der Waals surface area contributed by atoms with Gasteiger partial charge in [-0.1, -0.05) is 68.7 Å².